The number of methoxy groups -OCH3 is 1. The third kappa shape index (κ3) is 4.53. The number of nitrogens with zero attached hydrogens (tertiary/aromatic N) is 4. The van der Waals surface area contributed by atoms with E-state index in [0.717, 1.165) is 23.7 Å². The smallest absolute Gasteiger partial charge is 0.199 e. The molecule has 4 aromatic rings. The van der Waals surface area contributed by atoms with Gasteiger partial charge in [-0.25, -0.2) is 4.68 Å². The highest BCUT2D eigenvalue weighted by Gasteiger charge is 2.16. The maximum absolute atomic E-state index is 5.78. The summed E-state index contributed by atoms with van der Waals surface area (Å²) in [5.74, 6) is 2.28. The Morgan fingerprint density at radius 3 is 2.43 bits per heavy atom. The summed E-state index contributed by atoms with van der Waals surface area (Å²) in [6, 6.07) is 22.1. The largest absolute Gasteiger partial charge is 0.497 e. The Bertz CT molecular complexity index is 1130. The molecule has 4 rings (SSSR count). The average molecular weight is 421 g/mol. The fourth-order valence-corrected chi connectivity index (χ4v) is 3.60. The molecule has 0 aliphatic heterocycles. The van der Waals surface area contributed by atoms with Gasteiger partial charge in [0.15, 0.2) is 16.4 Å². The Kier molecular flexibility index (Phi) is 6.11. The average Bonchev–Trinajstić information content (AvgIpc) is 3.39. The third-order valence-corrected chi connectivity index (χ3v) is 5.27. The predicted molar refractivity (Wildman–Crippen MR) is 119 cm³/mol. The number of furan rings is 1. The molecule has 7 heteroatoms. The van der Waals surface area contributed by atoms with Crippen molar-refractivity contribution in [3.63, 3.8) is 0 Å². The normalized spacial score (nSPS) is 11.2. The quantitative estimate of drug-likeness (QED) is 0.383. The first-order chi connectivity index (χ1) is 14.6. The molecule has 0 unspecified atom stereocenters. The Balaban J connectivity index is 1.58. The summed E-state index contributed by atoms with van der Waals surface area (Å²) < 4.78 is 15.4. The molecule has 0 bridgehead atoms. The van der Waals surface area contributed by atoms with Crippen LogP contribution in [0.1, 0.15) is 11.1 Å². The minimum atomic E-state index is 0.570. The number of aromatic nitrogens is 3. The second-order valence-electron chi connectivity index (χ2n) is 7.16. The molecule has 0 spiro atoms. The first-order valence-electron chi connectivity index (χ1n) is 9.71. The fourth-order valence-electron chi connectivity index (χ4n) is 3.35. The summed E-state index contributed by atoms with van der Waals surface area (Å²) in [6.45, 7) is 1.98. The first kappa shape index (κ1) is 20.1. The van der Waals surface area contributed by atoms with Crippen LogP contribution in [0.4, 0.5) is 0 Å². The van der Waals surface area contributed by atoms with Crippen LogP contribution in [0.15, 0.2) is 77.4 Å². The molecule has 0 atom stereocenters. The van der Waals surface area contributed by atoms with E-state index >= 15 is 0 Å². The molecular formula is C23H24N4O2S. The number of benzene rings is 2. The summed E-state index contributed by atoms with van der Waals surface area (Å²) in [5, 5.41) is 4.78. The lowest BCUT2D eigenvalue weighted by atomic mass is 10.2. The van der Waals surface area contributed by atoms with Crippen molar-refractivity contribution in [3.8, 4) is 17.3 Å². The molecule has 6 nitrogen and oxygen atoms in total. The Morgan fingerprint density at radius 1 is 1.00 bits per heavy atom. The van der Waals surface area contributed by atoms with Crippen LogP contribution in [0, 0.1) is 4.77 Å². The topological polar surface area (TPSA) is 48.4 Å². The number of rotatable bonds is 8. The van der Waals surface area contributed by atoms with Crippen molar-refractivity contribution in [2.75, 3.05) is 14.2 Å². The van der Waals surface area contributed by atoms with Crippen LogP contribution in [0.25, 0.3) is 11.6 Å². The van der Waals surface area contributed by atoms with Crippen LogP contribution in [0.5, 0.6) is 5.75 Å². The van der Waals surface area contributed by atoms with Gasteiger partial charge in [0.05, 0.1) is 26.6 Å². The lowest BCUT2D eigenvalue weighted by molar-refractivity contribution is 0.244. The van der Waals surface area contributed by atoms with Gasteiger partial charge in [0.1, 0.15) is 5.75 Å². The highest BCUT2D eigenvalue weighted by atomic mass is 32.1. The molecule has 30 heavy (non-hydrogen) atoms. The Labute approximate surface area is 180 Å². The lowest BCUT2D eigenvalue weighted by Crippen LogP contribution is -2.22. The van der Waals surface area contributed by atoms with E-state index in [2.05, 4.69) is 36.2 Å². The van der Waals surface area contributed by atoms with E-state index in [1.807, 2.05) is 51.7 Å². The predicted octanol–water partition coefficient (Wildman–Crippen LogP) is 4.82. The van der Waals surface area contributed by atoms with Crippen molar-refractivity contribution in [3.05, 3.63) is 88.9 Å². The number of ether oxygens (including phenoxy) is 1. The monoisotopic (exact) mass is 420 g/mol. The van der Waals surface area contributed by atoms with E-state index in [9.17, 15) is 0 Å². The molecule has 0 saturated carbocycles. The molecule has 154 valence electrons. The summed E-state index contributed by atoms with van der Waals surface area (Å²) in [7, 11) is 3.72. The zero-order chi connectivity index (χ0) is 20.9. The molecule has 2 aromatic carbocycles. The van der Waals surface area contributed by atoms with Gasteiger partial charge in [-0.2, -0.15) is 0 Å². The van der Waals surface area contributed by atoms with Gasteiger partial charge in [0.2, 0.25) is 0 Å². The van der Waals surface area contributed by atoms with E-state index < -0.39 is 0 Å². The summed E-state index contributed by atoms with van der Waals surface area (Å²) in [5.41, 5.74) is 2.35. The van der Waals surface area contributed by atoms with Crippen molar-refractivity contribution < 1.29 is 9.15 Å². The van der Waals surface area contributed by atoms with E-state index in [1.54, 1.807) is 13.4 Å². The molecule has 0 aliphatic rings. The van der Waals surface area contributed by atoms with Crippen molar-refractivity contribution >= 4 is 12.2 Å². The van der Waals surface area contributed by atoms with Gasteiger partial charge in [-0.3, -0.25) is 9.47 Å². The maximum Gasteiger partial charge on any atom is 0.199 e. The van der Waals surface area contributed by atoms with Crippen molar-refractivity contribution in [2.45, 2.75) is 19.8 Å². The zero-order valence-corrected chi connectivity index (χ0v) is 17.9. The molecular weight excluding hydrogens is 396 g/mol. The maximum atomic E-state index is 5.78. The molecule has 2 aromatic heterocycles. The summed E-state index contributed by atoms with van der Waals surface area (Å²) in [6.07, 6.45) is 1.65. The van der Waals surface area contributed by atoms with Gasteiger partial charge >= 0.3 is 0 Å². The molecule has 0 saturated heterocycles. The van der Waals surface area contributed by atoms with Crippen molar-refractivity contribution in [2.24, 2.45) is 0 Å². The van der Waals surface area contributed by atoms with Gasteiger partial charge in [0.25, 0.3) is 0 Å². The molecule has 0 aliphatic carbocycles. The Hall–Kier alpha value is -3.16. The van der Waals surface area contributed by atoms with Gasteiger partial charge in [-0.1, -0.05) is 42.5 Å². The van der Waals surface area contributed by atoms with Gasteiger partial charge in [-0.05, 0) is 54.7 Å². The second kappa shape index (κ2) is 9.11. The minimum Gasteiger partial charge on any atom is -0.497 e. The van der Waals surface area contributed by atoms with Crippen LogP contribution < -0.4 is 4.74 Å². The number of hydrogen-bond acceptors (Lipinski definition) is 5. The third-order valence-electron chi connectivity index (χ3n) is 4.83. The SMILES string of the molecule is COc1ccc(CN(C)Cn2nc(-c3ccco3)n(Cc3ccccc3)c2=S)cc1. The van der Waals surface area contributed by atoms with Crippen LogP contribution in [-0.2, 0) is 19.8 Å². The van der Waals surface area contributed by atoms with E-state index in [1.165, 1.54) is 5.56 Å². The first-order valence-corrected chi connectivity index (χ1v) is 10.1. The molecule has 2 heterocycles. The van der Waals surface area contributed by atoms with Crippen LogP contribution >= 0.6 is 12.2 Å². The van der Waals surface area contributed by atoms with Crippen molar-refractivity contribution in [1.29, 1.82) is 0 Å². The Morgan fingerprint density at radius 2 is 1.77 bits per heavy atom. The summed E-state index contributed by atoms with van der Waals surface area (Å²) in [4.78, 5) is 2.17. The zero-order valence-electron chi connectivity index (χ0n) is 17.1. The van der Waals surface area contributed by atoms with E-state index in [0.29, 0.717) is 23.7 Å². The minimum absolute atomic E-state index is 0.570. The molecule has 0 N–H and O–H groups in total. The van der Waals surface area contributed by atoms with Crippen LogP contribution in [0.2, 0.25) is 0 Å². The standard InChI is InChI=1S/C23H24N4O2S/c1-25(15-19-10-12-20(28-2)13-11-19)17-27-23(30)26(16-18-7-4-3-5-8-18)22(24-27)21-9-6-14-29-21/h3-14H,15-17H2,1-2H3. The van der Waals surface area contributed by atoms with Crippen molar-refractivity contribution in [1.82, 2.24) is 19.2 Å². The second-order valence-corrected chi connectivity index (χ2v) is 7.52. The van der Waals surface area contributed by atoms with Crippen LogP contribution in [0.3, 0.4) is 0 Å². The fraction of sp³-hybridized carbons (Fsp3) is 0.217. The summed E-state index contributed by atoms with van der Waals surface area (Å²) >= 11 is 5.78. The molecule has 0 amide bonds. The highest BCUT2D eigenvalue weighted by molar-refractivity contribution is 7.71. The van der Waals surface area contributed by atoms with Gasteiger partial charge in [-0.15, -0.1) is 5.10 Å². The van der Waals surface area contributed by atoms with E-state index in [4.69, 9.17) is 26.5 Å². The lowest BCUT2D eigenvalue weighted by Gasteiger charge is -2.16. The number of hydrogen-bond donors (Lipinski definition) is 0. The molecule has 0 radical (unpaired) electrons. The van der Waals surface area contributed by atoms with E-state index in [-0.39, 0.29) is 0 Å². The van der Waals surface area contributed by atoms with Crippen LogP contribution in [-0.4, -0.2) is 33.4 Å². The van der Waals surface area contributed by atoms with Gasteiger partial charge < -0.3 is 9.15 Å². The van der Waals surface area contributed by atoms with Gasteiger partial charge in [0, 0.05) is 6.54 Å². The molecule has 0 fully saturated rings. The highest BCUT2D eigenvalue weighted by Crippen LogP contribution is 2.21.